The molecule has 0 radical (unpaired) electrons. The van der Waals surface area contributed by atoms with Crippen molar-refractivity contribution in [3.63, 3.8) is 0 Å². The average Bonchev–Trinajstić information content (AvgIpc) is 2.38. The number of benzene rings is 1. The smallest absolute Gasteiger partial charge is 0.0711 e. The van der Waals surface area contributed by atoms with E-state index in [1.165, 1.54) is 5.56 Å². The summed E-state index contributed by atoms with van der Waals surface area (Å²) >= 11 is 0. The molecule has 0 saturated heterocycles. The normalized spacial score (nSPS) is 10.8. The fraction of sp³-hybridized carbons (Fsp3) is 0.125. The van der Waals surface area contributed by atoms with E-state index in [4.69, 9.17) is 0 Å². The van der Waals surface area contributed by atoms with Gasteiger partial charge in [0.2, 0.25) is 0 Å². The molecule has 0 aliphatic heterocycles. The molecule has 0 aliphatic carbocycles. The summed E-state index contributed by atoms with van der Waals surface area (Å²) in [4.78, 5) is 9.00. The van der Waals surface area contributed by atoms with Crippen LogP contribution in [0.25, 0.3) is 22.2 Å². The van der Waals surface area contributed by atoms with Crippen LogP contribution in [0.1, 0.15) is 11.3 Å². The molecule has 2 heteroatoms. The van der Waals surface area contributed by atoms with Crippen molar-refractivity contribution in [2.75, 3.05) is 0 Å². The Morgan fingerprint density at radius 2 is 1.72 bits per heavy atom. The van der Waals surface area contributed by atoms with E-state index in [1.807, 2.05) is 32.2 Å². The van der Waals surface area contributed by atoms with Crippen LogP contribution in [-0.4, -0.2) is 9.97 Å². The van der Waals surface area contributed by atoms with Crippen LogP contribution in [0.15, 0.2) is 48.7 Å². The van der Waals surface area contributed by atoms with E-state index in [1.54, 1.807) is 0 Å². The molecule has 0 N–H and O–H groups in total. The molecular formula is C16H14N2. The number of nitrogens with zero attached hydrogens (tertiary/aromatic N) is 2. The summed E-state index contributed by atoms with van der Waals surface area (Å²) < 4.78 is 0. The number of aromatic nitrogens is 2. The van der Waals surface area contributed by atoms with Crippen molar-refractivity contribution < 1.29 is 0 Å². The van der Waals surface area contributed by atoms with Gasteiger partial charge < -0.3 is 0 Å². The van der Waals surface area contributed by atoms with Crippen LogP contribution < -0.4 is 0 Å². The number of pyridine rings is 2. The summed E-state index contributed by atoms with van der Waals surface area (Å²) in [6, 6.07) is 14.5. The van der Waals surface area contributed by atoms with Crippen molar-refractivity contribution in [3.8, 4) is 11.3 Å². The molecule has 18 heavy (non-hydrogen) atoms. The second-order valence-electron chi connectivity index (χ2n) is 4.58. The Kier molecular flexibility index (Phi) is 2.56. The number of hydrogen-bond acceptors (Lipinski definition) is 2. The maximum absolute atomic E-state index is 4.55. The summed E-state index contributed by atoms with van der Waals surface area (Å²) in [7, 11) is 0. The van der Waals surface area contributed by atoms with Gasteiger partial charge in [-0.3, -0.25) is 9.97 Å². The van der Waals surface area contributed by atoms with Gasteiger partial charge in [-0.2, -0.15) is 0 Å². The van der Waals surface area contributed by atoms with Gasteiger partial charge in [0.15, 0.2) is 0 Å². The summed E-state index contributed by atoms with van der Waals surface area (Å²) in [6.07, 6.45) is 1.89. The topological polar surface area (TPSA) is 25.8 Å². The molecule has 0 saturated carbocycles. The summed E-state index contributed by atoms with van der Waals surface area (Å²) in [5.74, 6) is 0. The molecule has 2 heterocycles. The first kappa shape index (κ1) is 10.9. The first-order valence-corrected chi connectivity index (χ1v) is 6.03. The summed E-state index contributed by atoms with van der Waals surface area (Å²) in [5.41, 5.74) is 5.34. The molecule has 0 bridgehead atoms. The Balaban J connectivity index is 2.15. The van der Waals surface area contributed by atoms with Crippen molar-refractivity contribution in [2.24, 2.45) is 0 Å². The van der Waals surface area contributed by atoms with Gasteiger partial charge in [0.25, 0.3) is 0 Å². The molecule has 2 nitrogen and oxygen atoms in total. The van der Waals surface area contributed by atoms with Gasteiger partial charge in [-0.05, 0) is 37.6 Å². The molecule has 2 aromatic heterocycles. The highest BCUT2D eigenvalue weighted by Crippen LogP contribution is 2.22. The van der Waals surface area contributed by atoms with Crippen LogP contribution in [0.3, 0.4) is 0 Å². The van der Waals surface area contributed by atoms with Gasteiger partial charge in [0.05, 0.1) is 11.2 Å². The standard InChI is InChI=1S/C16H14N2/c1-11-3-8-15(17-10-11)14-7-6-13-5-4-12(2)18-16(13)9-14/h3-10H,1-2H3. The van der Waals surface area contributed by atoms with Crippen LogP contribution in [0, 0.1) is 13.8 Å². The highest BCUT2D eigenvalue weighted by molar-refractivity contribution is 5.83. The van der Waals surface area contributed by atoms with Gasteiger partial charge >= 0.3 is 0 Å². The Morgan fingerprint density at radius 1 is 0.889 bits per heavy atom. The number of rotatable bonds is 1. The van der Waals surface area contributed by atoms with Crippen LogP contribution in [-0.2, 0) is 0 Å². The maximum atomic E-state index is 4.55. The molecule has 1 aromatic carbocycles. The lowest BCUT2D eigenvalue weighted by atomic mass is 10.1. The lowest BCUT2D eigenvalue weighted by Crippen LogP contribution is -1.87. The molecule has 88 valence electrons. The zero-order chi connectivity index (χ0) is 12.5. The zero-order valence-electron chi connectivity index (χ0n) is 10.5. The Labute approximate surface area is 106 Å². The number of fused-ring (bicyclic) bond motifs is 1. The third-order valence-electron chi connectivity index (χ3n) is 3.04. The lowest BCUT2D eigenvalue weighted by Gasteiger charge is -2.04. The predicted octanol–water partition coefficient (Wildman–Crippen LogP) is 3.91. The quantitative estimate of drug-likeness (QED) is 0.638. The third kappa shape index (κ3) is 1.97. The second-order valence-corrected chi connectivity index (χ2v) is 4.58. The van der Waals surface area contributed by atoms with E-state index in [2.05, 4.69) is 40.3 Å². The van der Waals surface area contributed by atoms with Gasteiger partial charge in [-0.15, -0.1) is 0 Å². The molecule has 0 amide bonds. The second kappa shape index (κ2) is 4.22. The number of hydrogen-bond donors (Lipinski definition) is 0. The van der Waals surface area contributed by atoms with E-state index < -0.39 is 0 Å². The van der Waals surface area contributed by atoms with Crippen LogP contribution in [0.2, 0.25) is 0 Å². The highest BCUT2D eigenvalue weighted by Gasteiger charge is 2.02. The van der Waals surface area contributed by atoms with Crippen molar-refractivity contribution in [1.82, 2.24) is 9.97 Å². The fourth-order valence-corrected chi connectivity index (χ4v) is 2.02. The molecule has 0 atom stereocenters. The van der Waals surface area contributed by atoms with Gasteiger partial charge in [0.1, 0.15) is 0 Å². The molecular weight excluding hydrogens is 220 g/mol. The highest BCUT2D eigenvalue weighted by atomic mass is 14.7. The van der Waals surface area contributed by atoms with Crippen molar-refractivity contribution >= 4 is 10.9 Å². The fourth-order valence-electron chi connectivity index (χ4n) is 2.02. The van der Waals surface area contributed by atoms with E-state index in [-0.39, 0.29) is 0 Å². The van der Waals surface area contributed by atoms with Gasteiger partial charge in [-0.1, -0.05) is 24.3 Å². The van der Waals surface area contributed by atoms with Crippen molar-refractivity contribution in [3.05, 3.63) is 59.9 Å². The van der Waals surface area contributed by atoms with Crippen LogP contribution >= 0.6 is 0 Å². The molecule has 3 rings (SSSR count). The van der Waals surface area contributed by atoms with Gasteiger partial charge in [0, 0.05) is 22.8 Å². The van der Waals surface area contributed by atoms with Gasteiger partial charge in [-0.25, -0.2) is 0 Å². The van der Waals surface area contributed by atoms with E-state index in [0.29, 0.717) is 0 Å². The zero-order valence-corrected chi connectivity index (χ0v) is 10.5. The van der Waals surface area contributed by atoms with Crippen LogP contribution in [0.4, 0.5) is 0 Å². The summed E-state index contributed by atoms with van der Waals surface area (Å²) in [6.45, 7) is 4.05. The number of aryl methyl sites for hydroxylation is 2. The first-order chi connectivity index (χ1) is 8.72. The molecule has 3 aromatic rings. The van der Waals surface area contributed by atoms with E-state index in [0.717, 1.165) is 27.9 Å². The monoisotopic (exact) mass is 234 g/mol. The minimum absolute atomic E-state index is 0.991. The van der Waals surface area contributed by atoms with E-state index in [9.17, 15) is 0 Å². The van der Waals surface area contributed by atoms with Crippen molar-refractivity contribution in [1.29, 1.82) is 0 Å². The first-order valence-electron chi connectivity index (χ1n) is 6.03. The minimum Gasteiger partial charge on any atom is -0.256 e. The molecule has 0 aliphatic rings. The Hall–Kier alpha value is -2.22. The molecule has 0 spiro atoms. The van der Waals surface area contributed by atoms with E-state index >= 15 is 0 Å². The third-order valence-corrected chi connectivity index (χ3v) is 3.04. The summed E-state index contributed by atoms with van der Waals surface area (Å²) in [5, 5.41) is 1.16. The maximum Gasteiger partial charge on any atom is 0.0711 e. The average molecular weight is 234 g/mol. The predicted molar refractivity (Wildman–Crippen MR) is 74.4 cm³/mol. The Morgan fingerprint density at radius 3 is 2.50 bits per heavy atom. The lowest BCUT2D eigenvalue weighted by molar-refractivity contribution is 1.25. The SMILES string of the molecule is Cc1ccc(-c2ccc3ccc(C)nc3c2)nc1. The van der Waals surface area contributed by atoms with Crippen molar-refractivity contribution in [2.45, 2.75) is 13.8 Å². The molecule has 0 unspecified atom stereocenters. The molecule has 0 fully saturated rings. The minimum atomic E-state index is 0.991. The largest absolute Gasteiger partial charge is 0.256 e. The van der Waals surface area contributed by atoms with Crippen LogP contribution in [0.5, 0.6) is 0 Å². The Bertz CT molecular complexity index is 700.